The van der Waals surface area contributed by atoms with Gasteiger partial charge in [0.15, 0.2) is 0 Å². The predicted molar refractivity (Wildman–Crippen MR) is 113 cm³/mol. The highest BCUT2D eigenvalue weighted by Crippen LogP contribution is 2.27. The van der Waals surface area contributed by atoms with Crippen molar-refractivity contribution in [2.24, 2.45) is 11.8 Å². The summed E-state index contributed by atoms with van der Waals surface area (Å²) in [6.45, 7) is 3.54. The van der Waals surface area contributed by atoms with Crippen LogP contribution in [0.5, 0.6) is 5.88 Å². The van der Waals surface area contributed by atoms with Crippen LogP contribution in [0.15, 0.2) is 36.7 Å². The molecule has 0 spiro atoms. The fraction of sp³-hybridized carbons (Fsp3) is 0.455. The lowest BCUT2D eigenvalue weighted by Gasteiger charge is -2.34. The molecule has 1 unspecified atom stereocenters. The number of piperidine rings is 1. The number of amides is 1. The summed E-state index contributed by atoms with van der Waals surface area (Å²) < 4.78 is 5.76. The molecule has 0 radical (unpaired) electrons. The highest BCUT2D eigenvalue weighted by atomic mass is 35.5. The van der Waals surface area contributed by atoms with Crippen LogP contribution in [0.4, 0.5) is 5.82 Å². The van der Waals surface area contributed by atoms with Gasteiger partial charge in [0, 0.05) is 56.5 Å². The first kappa shape index (κ1) is 20.4. The van der Waals surface area contributed by atoms with E-state index in [2.05, 4.69) is 20.9 Å². The molecule has 4 heterocycles. The first-order valence-electron chi connectivity index (χ1n) is 10.3. The van der Waals surface area contributed by atoms with Crippen LogP contribution in [0, 0.1) is 23.2 Å². The van der Waals surface area contributed by atoms with E-state index in [0.717, 1.165) is 51.3 Å². The van der Waals surface area contributed by atoms with Gasteiger partial charge >= 0.3 is 0 Å². The third kappa shape index (κ3) is 4.65. The smallest absolute Gasteiger partial charge is 0.225 e. The van der Waals surface area contributed by atoms with Crippen LogP contribution in [0.25, 0.3) is 0 Å². The largest absolute Gasteiger partial charge is 0.477 e. The molecule has 0 N–H and O–H groups in total. The van der Waals surface area contributed by atoms with Crippen molar-refractivity contribution in [3.8, 4) is 11.9 Å². The van der Waals surface area contributed by atoms with Crippen LogP contribution in [-0.2, 0) is 4.79 Å². The Morgan fingerprint density at radius 1 is 1.20 bits per heavy atom. The molecule has 1 amide bonds. The number of aromatic nitrogens is 2. The number of nitriles is 1. The standard InChI is InChI=1S/C22H24ClN5O2/c23-19-3-4-20(26-13-19)30-15-16-5-9-28(14-16)22(29)17-6-10-27(11-7-17)21-18(12-24)2-1-8-25-21/h1-4,8,13,16-17H,5-7,9-11,14-15H2. The fourth-order valence-corrected chi connectivity index (χ4v) is 4.26. The molecular weight excluding hydrogens is 402 g/mol. The maximum absolute atomic E-state index is 13.0. The number of ether oxygens (including phenoxy) is 1. The SMILES string of the molecule is N#Cc1cccnc1N1CCC(C(=O)N2CCC(COc3ccc(Cl)cn3)C2)CC1. The monoisotopic (exact) mass is 425 g/mol. The number of carbonyl (C=O) groups excluding carboxylic acids is 1. The third-order valence-corrected chi connectivity index (χ3v) is 6.04. The fourth-order valence-electron chi connectivity index (χ4n) is 4.15. The summed E-state index contributed by atoms with van der Waals surface area (Å²) in [5.74, 6) is 1.87. The van der Waals surface area contributed by atoms with Gasteiger partial charge in [-0.15, -0.1) is 0 Å². The Labute approximate surface area is 181 Å². The number of rotatable bonds is 5. The molecule has 2 fully saturated rings. The van der Waals surface area contributed by atoms with Crippen molar-refractivity contribution in [3.63, 3.8) is 0 Å². The molecule has 1 atom stereocenters. The molecule has 2 aliphatic rings. The van der Waals surface area contributed by atoms with Gasteiger partial charge in [0.25, 0.3) is 0 Å². The second-order valence-electron chi connectivity index (χ2n) is 7.81. The molecule has 4 rings (SSSR count). The molecule has 0 aliphatic carbocycles. The lowest BCUT2D eigenvalue weighted by Crippen LogP contribution is -2.42. The van der Waals surface area contributed by atoms with Crippen molar-refractivity contribution >= 4 is 23.3 Å². The van der Waals surface area contributed by atoms with Crippen LogP contribution < -0.4 is 9.64 Å². The first-order valence-corrected chi connectivity index (χ1v) is 10.6. The van der Waals surface area contributed by atoms with E-state index in [1.807, 2.05) is 4.90 Å². The molecule has 0 saturated carbocycles. The molecule has 0 bridgehead atoms. The zero-order chi connectivity index (χ0) is 20.9. The van der Waals surface area contributed by atoms with E-state index in [0.29, 0.717) is 29.0 Å². The Bertz CT molecular complexity index is 922. The topological polar surface area (TPSA) is 82.4 Å². The van der Waals surface area contributed by atoms with Gasteiger partial charge in [0.2, 0.25) is 11.8 Å². The number of hydrogen-bond donors (Lipinski definition) is 0. The summed E-state index contributed by atoms with van der Waals surface area (Å²) in [7, 11) is 0. The minimum absolute atomic E-state index is 0.0353. The molecule has 8 heteroatoms. The Morgan fingerprint density at radius 2 is 2.03 bits per heavy atom. The molecule has 30 heavy (non-hydrogen) atoms. The van der Waals surface area contributed by atoms with Gasteiger partial charge in [-0.05, 0) is 37.5 Å². The zero-order valence-electron chi connectivity index (χ0n) is 16.7. The predicted octanol–water partition coefficient (Wildman–Crippen LogP) is 3.15. The number of anilines is 1. The lowest BCUT2D eigenvalue weighted by atomic mass is 9.95. The average Bonchev–Trinajstić information content (AvgIpc) is 3.27. The maximum Gasteiger partial charge on any atom is 0.225 e. The number of halogens is 1. The highest BCUT2D eigenvalue weighted by Gasteiger charge is 2.33. The van der Waals surface area contributed by atoms with Crippen molar-refractivity contribution in [2.45, 2.75) is 19.3 Å². The number of likely N-dealkylation sites (tertiary alicyclic amines) is 1. The summed E-state index contributed by atoms with van der Waals surface area (Å²) in [5, 5.41) is 9.87. The van der Waals surface area contributed by atoms with Gasteiger partial charge in [-0.1, -0.05) is 11.6 Å². The van der Waals surface area contributed by atoms with E-state index in [1.165, 1.54) is 0 Å². The van der Waals surface area contributed by atoms with Crippen LogP contribution in [0.1, 0.15) is 24.8 Å². The summed E-state index contributed by atoms with van der Waals surface area (Å²) in [6.07, 6.45) is 5.79. The normalized spacial score (nSPS) is 19.5. The van der Waals surface area contributed by atoms with Crippen LogP contribution in [0.2, 0.25) is 5.02 Å². The molecule has 7 nitrogen and oxygen atoms in total. The van der Waals surface area contributed by atoms with E-state index in [1.54, 1.807) is 36.7 Å². The number of hydrogen-bond acceptors (Lipinski definition) is 6. The lowest BCUT2D eigenvalue weighted by molar-refractivity contribution is -0.135. The summed E-state index contributed by atoms with van der Waals surface area (Å²) in [4.78, 5) is 25.6. The Morgan fingerprint density at radius 3 is 2.77 bits per heavy atom. The second-order valence-corrected chi connectivity index (χ2v) is 8.25. The van der Waals surface area contributed by atoms with Gasteiger partial charge < -0.3 is 14.5 Å². The van der Waals surface area contributed by atoms with E-state index in [9.17, 15) is 10.1 Å². The molecule has 2 aromatic heterocycles. The summed E-state index contributed by atoms with van der Waals surface area (Å²) in [6, 6.07) is 9.27. The van der Waals surface area contributed by atoms with Crippen molar-refractivity contribution in [1.29, 1.82) is 5.26 Å². The summed E-state index contributed by atoms with van der Waals surface area (Å²) in [5.41, 5.74) is 0.583. The Balaban J connectivity index is 1.25. The number of carbonyl (C=O) groups is 1. The van der Waals surface area contributed by atoms with E-state index < -0.39 is 0 Å². The molecule has 2 saturated heterocycles. The van der Waals surface area contributed by atoms with Crippen molar-refractivity contribution < 1.29 is 9.53 Å². The number of pyridine rings is 2. The summed E-state index contributed by atoms with van der Waals surface area (Å²) >= 11 is 5.84. The van der Waals surface area contributed by atoms with Gasteiger partial charge in [-0.2, -0.15) is 5.26 Å². The van der Waals surface area contributed by atoms with E-state index >= 15 is 0 Å². The van der Waals surface area contributed by atoms with Crippen LogP contribution >= 0.6 is 11.6 Å². The highest BCUT2D eigenvalue weighted by molar-refractivity contribution is 6.30. The molecule has 2 aliphatic heterocycles. The van der Waals surface area contributed by atoms with Crippen LogP contribution in [-0.4, -0.2) is 53.6 Å². The minimum atomic E-state index is 0.0353. The van der Waals surface area contributed by atoms with Gasteiger partial charge in [-0.25, -0.2) is 9.97 Å². The van der Waals surface area contributed by atoms with E-state index in [-0.39, 0.29) is 11.8 Å². The average molecular weight is 426 g/mol. The van der Waals surface area contributed by atoms with Gasteiger partial charge in [0.1, 0.15) is 11.9 Å². The molecule has 0 aromatic carbocycles. The quantitative estimate of drug-likeness (QED) is 0.731. The van der Waals surface area contributed by atoms with Gasteiger partial charge in [0.05, 0.1) is 17.2 Å². The van der Waals surface area contributed by atoms with Gasteiger partial charge in [-0.3, -0.25) is 4.79 Å². The Kier molecular flexibility index (Phi) is 6.34. The number of nitrogens with zero attached hydrogens (tertiary/aromatic N) is 5. The second kappa shape index (κ2) is 9.31. The third-order valence-electron chi connectivity index (χ3n) is 5.82. The Hall–Kier alpha value is -2.85. The zero-order valence-corrected chi connectivity index (χ0v) is 17.5. The van der Waals surface area contributed by atoms with E-state index in [4.69, 9.17) is 16.3 Å². The molecule has 156 valence electrons. The van der Waals surface area contributed by atoms with Crippen LogP contribution in [0.3, 0.4) is 0 Å². The molecular formula is C22H24ClN5O2. The minimum Gasteiger partial charge on any atom is -0.477 e. The van der Waals surface area contributed by atoms with Crippen molar-refractivity contribution in [3.05, 3.63) is 47.2 Å². The molecule has 2 aromatic rings. The first-order chi connectivity index (χ1) is 14.6. The maximum atomic E-state index is 13.0. The van der Waals surface area contributed by atoms with Crippen molar-refractivity contribution in [2.75, 3.05) is 37.7 Å². The van der Waals surface area contributed by atoms with Crippen molar-refractivity contribution in [1.82, 2.24) is 14.9 Å².